The van der Waals surface area contributed by atoms with Crippen LogP contribution in [0.4, 0.5) is 0 Å². The third-order valence-corrected chi connectivity index (χ3v) is 4.41. The molecular formula is C17H19Br2N. The molecule has 20 heavy (non-hydrogen) atoms. The van der Waals surface area contributed by atoms with E-state index in [9.17, 15) is 0 Å². The van der Waals surface area contributed by atoms with E-state index in [1.54, 1.807) is 0 Å². The predicted molar refractivity (Wildman–Crippen MR) is 93.3 cm³/mol. The molecule has 2 rings (SSSR count). The Balaban J connectivity index is 2.46. The molecule has 0 radical (unpaired) electrons. The zero-order chi connectivity index (χ0) is 14.7. The molecule has 3 heteroatoms. The fourth-order valence-corrected chi connectivity index (χ4v) is 3.65. The Morgan fingerprint density at radius 3 is 2.10 bits per heavy atom. The fraction of sp³-hybridized carbons (Fsp3) is 0.294. The van der Waals surface area contributed by atoms with E-state index < -0.39 is 0 Å². The Kier molecular flexibility index (Phi) is 5.42. The van der Waals surface area contributed by atoms with Crippen LogP contribution in [0.2, 0.25) is 0 Å². The van der Waals surface area contributed by atoms with Crippen molar-refractivity contribution in [3.05, 3.63) is 67.6 Å². The third kappa shape index (κ3) is 3.72. The molecule has 0 heterocycles. The van der Waals surface area contributed by atoms with Gasteiger partial charge in [-0.15, -0.1) is 0 Å². The molecule has 106 valence electrons. The van der Waals surface area contributed by atoms with E-state index in [-0.39, 0.29) is 6.04 Å². The summed E-state index contributed by atoms with van der Waals surface area (Å²) in [5.74, 6) is 0. The SMILES string of the molecule is CCNC(c1cc(Br)cc(Br)c1)c1ccc(C)c(C)c1. The fourth-order valence-electron chi connectivity index (χ4n) is 2.32. The summed E-state index contributed by atoms with van der Waals surface area (Å²) in [5.41, 5.74) is 5.23. The van der Waals surface area contributed by atoms with Crippen molar-refractivity contribution < 1.29 is 0 Å². The largest absolute Gasteiger partial charge is 0.307 e. The van der Waals surface area contributed by atoms with E-state index in [1.165, 1.54) is 22.3 Å². The van der Waals surface area contributed by atoms with Gasteiger partial charge in [-0.2, -0.15) is 0 Å². The summed E-state index contributed by atoms with van der Waals surface area (Å²) < 4.78 is 2.18. The van der Waals surface area contributed by atoms with E-state index in [0.717, 1.165) is 15.5 Å². The van der Waals surface area contributed by atoms with E-state index in [2.05, 4.69) is 94.3 Å². The van der Waals surface area contributed by atoms with Crippen LogP contribution < -0.4 is 5.32 Å². The van der Waals surface area contributed by atoms with Crippen LogP contribution in [0.25, 0.3) is 0 Å². The maximum Gasteiger partial charge on any atom is 0.0577 e. The highest BCUT2D eigenvalue weighted by Gasteiger charge is 2.14. The van der Waals surface area contributed by atoms with Gasteiger partial charge in [0.25, 0.3) is 0 Å². The average Bonchev–Trinajstić information content (AvgIpc) is 2.38. The summed E-state index contributed by atoms with van der Waals surface area (Å²) in [6.07, 6.45) is 0. The molecule has 0 aromatic heterocycles. The zero-order valence-corrected chi connectivity index (χ0v) is 15.2. The second kappa shape index (κ2) is 6.88. The average molecular weight is 397 g/mol. The summed E-state index contributed by atoms with van der Waals surface area (Å²) in [5, 5.41) is 3.57. The molecule has 0 aliphatic rings. The Bertz CT molecular complexity index is 588. The maximum absolute atomic E-state index is 3.57. The molecule has 1 N–H and O–H groups in total. The molecule has 0 aliphatic carbocycles. The number of rotatable bonds is 4. The van der Waals surface area contributed by atoms with Gasteiger partial charge < -0.3 is 5.32 Å². The van der Waals surface area contributed by atoms with Crippen molar-refractivity contribution in [2.45, 2.75) is 26.8 Å². The summed E-state index contributed by atoms with van der Waals surface area (Å²) in [6, 6.07) is 13.3. The van der Waals surface area contributed by atoms with Crippen molar-refractivity contribution >= 4 is 31.9 Å². The highest BCUT2D eigenvalue weighted by Crippen LogP contribution is 2.29. The number of benzene rings is 2. The third-order valence-electron chi connectivity index (χ3n) is 3.49. The first-order valence-electron chi connectivity index (χ1n) is 6.77. The topological polar surface area (TPSA) is 12.0 Å². The number of nitrogens with one attached hydrogen (secondary N) is 1. The summed E-state index contributed by atoms with van der Waals surface area (Å²) in [7, 11) is 0. The van der Waals surface area contributed by atoms with E-state index in [4.69, 9.17) is 0 Å². The molecule has 0 spiro atoms. The van der Waals surface area contributed by atoms with Crippen LogP contribution in [0.15, 0.2) is 45.3 Å². The highest BCUT2D eigenvalue weighted by molar-refractivity contribution is 9.11. The number of aryl methyl sites for hydroxylation is 2. The zero-order valence-electron chi connectivity index (χ0n) is 12.0. The van der Waals surface area contributed by atoms with Crippen molar-refractivity contribution in [2.24, 2.45) is 0 Å². The van der Waals surface area contributed by atoms with Gasteiger partial charge in [0.2, 0.25) is 0 Å². The molecule has 1 atom stereocenters. The van der Waals surface area contributed by atoms with Gasteiger partial charge >= 0.3 is 0 Å². The van der Waals surface area contributed by atoms with Crippen LogP contribution in [-0.2, 0) is 0 Å². The van der Waals surface area contributed by atoms with Gasteiger partial charge in [-0.1, -0.05) is 57.0 Å². The minimum Gasteiger partial charge on any atom is -0.307 e. The van der Waals surface area contributed by atoms with Gasteiger partial charge in [0, 0.05) is 8.95 Å². The standard InChI is InChI=1S/C17H19Br2N/c1-4-20-17(13-6-5-11(2)12(3)7-13)14-8-15(18)10-16(19)9-14/h5-10,17,20H,4H2,1-3H3. The lowest BCUT2D eigenvalue weighted by Crippen LogP contribution is -2.22. The number of hydrogen-bond acceptors (Lipinski definition) is 1. The van der Waals surface area contributed by atoms with E-state index in [1.807, 2.05) is 0 Å². The van der Waals surface area contributed by atoms with Gasteiger partial charge in [-0.3, -0.25) is 0 Å². The van der Waals surface area contributed by atoms with Gasteiger partial charge in [-0.05, 0) is 60.8 Å². The minimum absolute atomic E-state index is 0.216. The first-order chi connectivity index (χ1) is 9.51. The number of hydrogen-bond donors (Lipinski definition) is 1. The van der Waals surface area contributed by atoms with Gasteiger partial charge in [0.1, 0.15) is 0 Å². The molecule has 0 fully saturated rings. The molecule has 0 saturated carbocycles. The summed E-state index contributed by atoms with van der Waals surface area (Å²) in [6.45, 7) is 7.39. The number of halogens is 2. The monoisotopic (exact) mass is 395 g/mol. The molecule has 2 aromatic carbocycles. The molecule has 2 aromatic rings. The molecule has 0 aliphatic heterocycles. The molecule has 0 saturated heterocycles. The van der Waals surface area contributed by atoms with Crippen LogP contribution in [0.3, 0.4) is 0 Å². The first kappa shape index (κ1) is 15.7. The predicted octanol–water partition coefficient (Wildman–Crippen LogP) is 5.53. The maximum atomic E-state index is 3.57. The van der Waals surface area contributed by atoms with Crippen LogP contribution >= 0.6 is 31.9 Å². The second-order valence-corrected chi connectivity index (χ2v) is 6.87. The van der Waals surface area contributed by atoms with Crippen LogP contribution in [0.5, 0.6) is 0 Å². The Morgan fingerprint density at radius 2 is 1.55 bits per heavy atom. The van der Waals surface area contributed by atoms with Crippen molar-refractivity contribution in [3.8, 4) is 0 Å². The molecular weight excluding hydrogens is 378 g/mol. The summed E-state index contributed by atoms with van der Waals surface area (Å²) >= 11 is 7.15. The Morgan fingerprint density at radius 1 is 0.900 bits per heavy atom. The van der Waals surface area contributed by atoms with Gasteiger partial charge in [0.15, 0.2) is 0 Å². The molecule has 1 unspecified atom stereocenters. The van der Waals surface area contributed by atoms with Crippen molar-refractivity contribution in [1.82, 2.24) is 5.32 Å². The summed E-state index contributed by atoms with van der Waals surface area (Å²) in [4.78, 5) is 0. The normalized spacial score (nSPS) is 12.4. The van der Waals surface area contributed by atoms with Crippen molar-refractivity contribution in [1.29, 1.82) is 0 Å². The first-order valence-corrected chi connectivity index (χ1v) is 8.36. The minimum atomic E-state index is 0.216. The van der Waals surface area contributed by atoms with Crippen LogP contribution in [0, 0.1) is 13.8 Å². The van der Waals surface area contributed by atoms with Crippen LogP contribution in [-0.4, -0.2) is 6.54 Å². The Labute approximate surface area is 138 Å². The smallest absolute Gasteiger partial charge is 0.0577 e. The quantitative estimate of drug-likeness (QED) is 0.716. The van der Waals surface area contributed by atoms with E-state index in [0.29, 0.717) is 0 Å². The highest BCUT2D eigenvalue weighted by atomic mass is 79.9. The van der Waals surface area contributed by atoms with Gasteiger partial charge in [-0.25, -0.2) is 0 Å². The molecule has 1 nitrogen and oxygen atoms in total. The molecule has 0 amide bonds. The Hall–Kier alpha value is -0.640. The lowest BCUT2D eigenvalue weighted by molar-refractivity contribution is 0.629. The van der Waals surface area contributed by atoms with Gasteiger partial charge in [0.05, 0.1) is 6.04 Å². The van der Waals surface area contributed by atoms with Crippen LogP contribution in [0.1, 0.15) is 35.2 Å². The van der Waals surface area contributed by atoms with E-state index >= 15 is 0 Å². The molecule has 0 bridgehead atoms. The second-order valence-electron chi connectivity index (χ2n) is 5.04. The van der Waals surface area contributed by atoms with Crippen molar-refractivity contribution in [2.75, 3.05) is 6.54 Å². The lowest BCUT2D eigenvalue weighted by Gasteiger charge is -2.20. The lowest BCUT2D eigenvalue weighted by atomic mass is 9.95. The van der Waals surface area contributed by atoms with Crippen molar-refractivity contribution in [3.63, 3.8) is 0 Å².